The van der Waals surface area contributed by atoms with Crippen LogP contribution in [0, 0.1) is 5.92 Å². The summed E-state index contributed by atoms with van der Waals surface area (Å²) in [4.78, 5) is 16.9. The number of anilines is 1. The summed E-state index contributed by atoms with van der Waals surface area (Å²) in [5, 5.41) is 5.87. The maximum atomic E-state index is 12.6. The van der Waals surface area contributed by atoms with Gasteiger partial charge in [-0.15, -0.1) is 0 Å². The van der Waals surface area contributed by atoms with Crippen LogP contribution in [0.3, 0.4) is 0 Å². The summed E-state index contributed by atoms with van der Waals surface area (Å²) in [6.45, 7) is 8.64. The van der Waals surface area contributed by atoms with Crippen LogP contribution >= 0.6 is 0 Å². The summed E-state index contributed by atoms with van der Waals surface area (Å²) < 4.78 is 26.7. The van der Waals surface area contributed by atoms with Crippen molar-refractivity contribution in [1.29, 1.82) is 0 Å². The lowest BCUT2D eigenvalue weighted by Gasteiger charge is -2.20. The highest BCUT2D eigenvalue weighted by Gasteiger charge is 2.27. The molecule has 2 heterocycles. The van der Waals surface area contributed by atoms with Gasteiger partial charge in [0, 0.05) is 38.3 Å². The summed E-state index contributed by atoms with van der Waals surface area (Å²) in [6.07, 6.45) is 1.11. The minimum atomic E-state index is -3.27. The van der Waals surface area contributed by atoms with Crippen molar-refractivity contribution >= 4 is 21.7 Å². The molecule has 7 nitrogen and oxygen atoms in total. The molecule has 0 saturated carbocycles. The first-order chi connectivity index (χ1) is 12.1. The van der Waals surface area contributed by atoms with Gasteiger partial charge < -0.3 is 10.6 Å². The van der Waals surface area contributed by atoms with Crippen molar-refractivity contribution < 1.29 is 13.2 Å². The molecule has 0 aliphatic carbocycles. The van der Waals surface area contributed by atoms with Crippen LogP contribution in [0.5, 0.6) is 0 Å². The molecule has 0 bridgehead atoms. The number of hydrogen-bond donors (Lipinski definition) is 2. The molecule has 1 amide bonds. The van der Waals surface area contributed by atoms with Crippen molar-refractivity contribution in [2.45, 2.75) is 46.6 Å². The fraction of sp³-hybridized carbons (Fsp3) is 0.667. The summed E-state index contributed by atoms with van der Waals surface area (Å²) >= 11 is 0. The zero-order chi connectivity index (χ0) is 19.5. The summed E-state index contributed by atoms with van der Waals surface area (Å²) in [5.41, 5.74) is 2.31. The van der Waals surface area contributed by atoms with Crippen LogP contribution < -0.4 is 10.6 Å². The molecule has 2 N–H and O–H groups in total. The summed E-state index contributed by atoms with van der Waals surface area (Å²) in [6, 6.07) is 1.99. The Morgan fingerprint density at radius 3 is 2.46 bits per heavy atom. The number of carbonyl (C=O) groups excluding carboxylic acids is 1. The molecule has 0 aromatic carbocycles. The number of carbonyl (C=O) groups is 1. The Morgan fingerprint density at radius 2 is 1.88 bits per heavy atom. The van der Waals surface area contributed by atoms with Gasteiger partial charge in [-0.3, -0.25) is 4.79 Å². The molecule has 8 heteroatoms. The third kappa shape index (κ3) is 4.94. The third-order valence-electron chi connectivity index (χ3n) is 4.25. The van der Waals surface area contributed by atoms with Crippen LogP contribution in [0.1, 0.15) is 49.3 Å². The molecule has 1 aliphatic rings. The van der Waals surface area contributed by atoms with Gasteiger partial charge in [-0.25, -0.2) is 17.7 Å². The zero-order valence-electron chi connectivity index (χ0n) is 16.3. The highest BCUT2D eigenvalue weighted by molar-refractivity contribution is 7.89. The van der Waals surface area contributed by atoms with Crippen LogP contribution in [-0.4, -0.2) is 55.5 Å². The van der Waals surface area contributed by atoms with Crippen molar-refractivity contribution in [3.05, 3.63) is 22.9 Å². The van der Waals surface area contributed by atoms with Gasteiger partial charge in [-0.05, 0) is 37.8 Å². The third-order valence-corrected chi connectivity index (χ3v) is 6.49. The lowest BCUT2D eigenvalue weighted by atomic mass is 10.0. The van der Waals surface area contributed by atoms with E-state index in [0.29, 0.717) is 37.3 Å². The Kier molecular flexibility index (Phi) is 6.63. The van der Waals surface area contributed by atoms with Gasteiger partial charge in [0.2, 0.25) is 10.0 Å². The number of hydrogen-bond acceptors (Lipinski definition) is 5. The molecular formula is C18H30N4O3S. The Bertz CT molecular complexity index is 760. The molecule has 1 aromatic rings. The maximum Gasteiger partial charge on any atom is 0.254 e. The first-order valence-electron chi connectivity index (χ1n) is 9.13. The molecule has 26 heavy (non-hydrogen) atoms. The average molecular weight is 383 g/mol. The van der Waals surface area contributed by atoms with Crippen molar-refractivity contribution in [3.63, 3.8) is 0 Å². The van der Waals surface area contributed by atoms with Crippen LogP contribution in [-0.2, 0) is 22.9 Å². The standard InChI is InChI=1S/C18H30N4O3S/c1-12(2)11-26(24,25)22-8-6-14-10-15(18(23)19-5)17(20-13(3)4)21-16(14)7-9-22/h10,12-13H,6-9,11H2,1-5H3,(H,19,23)(H,20,21). The maximum absolute atomic E-state index is 12.6. The lowest BCUT2D eigenvalue weighted by Crippen LogP contribution is -2.36. The predicted molar refractivity (Wildman–Crippen MR) is 104 cm³/mol. The second kappa shape index (κ2) is 8.35. The number of amides is 1. The van der Waals surface area contributed by atoms with E-state index in [-0.39, 0.29) is 23.6 Å². The molecule has 1 aromatic heterocycles. The normalized spacial score (nSPS) is 15.7. The topological polar surface area (TPSA) is 91.4 Å². The van der Waals surface area contributed by atoms with E-state index in [0.717, 1.165) is 11.3 Å². The van der Waals surface area contributed by atoms with E-state index < -0.39 is 10.0 Å². The number of nitrogens with zero attached hydrogens (tertiary/aromatic N) is 2. The van der Waals surface area contributed by atoms with E-state index in [1.807, 2.05) is 33.8 Å². The molecule has 0 spiro atoms. The quantitative estimate of drug-likeness (QED) is 0.781. The Hall–Kier alpha value is -1.67. The zero-order valence-corrected chi connectivity index (χ0v) is 17.1. The number of sulfonamides is 1. The monoisotopic (exact) mass is 382 g/mol. The Morgan fingerprint density at radius 1 is 1.23 bits per heavy atom. The summed E-state index contributed by atoms with van der Waals surface area (Å²) in [7, 11) is -1.68. The molecule has 0 fully saturated rings. The Balaban J connectivity index is 2.33. The second-order valence-corrected chi connectivity index (χ2v) is 9.45. The van der Waals surface area contributed by atoms with E-state index in [9.17, 15) is 13.2 Å². The first-order valence-corrected chi connectivity index (χ1v) is 10.7. The number of fused-ring (bicyclic) bond motifs is 1. The molecule has 146 valence electrons. The molecule has 0 unspecified atom stereocenters. The molecular weight excluding hydrogens is 352 g/mol. The van der Waals surface area contributed by atoms with Gasteiger partial charge in [-0.1, -0.05) is 13.8 Å². The van der Waals surface area contributed by atoms with Gasteiger partial charge in [0.15, 0.2) is 0 Å². The largest absolute Gasteiger partial charge is 0.367 e. The fourth-order valence-corrected chi connectivity index (χ4v) is 4.90. The number of aromatic nitrogens is 1. The van der Waals surface area contributed by atoms with E-state index in [1.165, 1.54) is 0 Å². The SMILES string of the molecule is CNC(=O)c1cc2c(nc1NC(C)C)CCN(S(=O)(=O)CC(C)C)CC2. The van der Waals surface area contributed by atoms with Gasteiger partial charge in [-0.2, -0.15) is 0 Å². The van der Waals surface area contributed by atoms with E-state index >= 15 is 0 Å². The van der Waals surface area contributed by atoms with Crippen molar-refractivity contribution in [1.82, 2.24) is 14.6 Å². The predicted octanol–water partition coefficient (Wildman–Crippen LogP) is 1.65. The molecule has 0 saturated heterocycles. The smallest absolute Gasteiger partial charge is 0.254 e. The van der Waals surface area contributed by atoms with Crippen LogP contribution in [0.25, 0.3) is 0 Å². The molecule has 1 aliphatic heterocycles. The number of pyridine rings is 1. The Labute approximate surface area is 156 Å². The fourth-order valence-electron chi connectivity index (χ4n) is 3.11. The van der Waals surface area contributed by atoms with Crippen LogP contribution in [0.15, 0.2) is 6.07 Å². The van der Waals surface area contributed by atoms with Gasteiger partial charge in [0.05, 0.1) is 11.3 Å². The minimum Gasteiger partial charge on any atom is -0.367 e. The van der Waals surface area contributed by atoms with E-state index in [2.05, 4.69) is 15.6 Å². The highest BCUT2D eigenvalue weighted by Crippen LogP contribution is 2.23. The van der Waals surface area contributed by atoms with E-state index in [1.54, 1.807) is 11.4 Å². The van der Waals surface area contributed by atoms with Crippen molar-refractivity contribution in [3.8, 4) is 0 Å². The minimum absolute atomic E-state index is 0.0884. The second-order valence-electron chi connectivity index (χ2n) is 7.44. The van der Waals surface area contributed by atoms with Crippen molar-refractivity contribution in [2.24, 2.45) is 5.92 Å². The molecule has 2 rings (SSSR count). The van der Waals surface area contributed by atoms with Gasteiger partial charge in [0.1, 0.15) is 5.82 Å². The summed E-state index contributed by atoms with van der Waals surface area (Å²) in [5.74, 6) is 0.597. The van der Waals surface area contributed by atoms with Crippen LogP contribution in [0.2, 0.25) is 0 Å². The van der Waals surface area contributed by atoms with E-state index in [4.69, 9.17) is 0 Å². The first kappa shape index (κ1) is 20.6. The lowest BCUT2D eigenvalue weighted by molar-refractivity contribution is 0.0963. The highest BCUT2D eigenvalue weighted by atomic mass is 32.2. The number of rotatable bonds is 6. The van der Waals surface area contributed by atoms with Crippen molar-refractivity contribution in [2.75, 3.05) is 31.2 Å². The number of nitrogens with one attached hydrogen (secondary N) is 2. The van der Waals surface area contributed by atoms with Crippen LogP contribution in [0.4, 0.5) is 5.82 Å². The average Bonchev–Trinajstić information content (AvgIpc) is 2.74. The van der Waals surface area contributed by atoms with Gasteiger partial charge >= 0.3 is 0 Å². The van der Waals surface area contributed by atoms with Gasteiger partial charge in [0.25, 0.3) is 5.91 Å². The molecule has 0 radical (unpaired) electrons. The molecule has 0 atom stereocenters.